The summed E-state index contributed by atoms with van der Waals surface area (Å²) in [5.41, 5.74) is 1.47. The lowest BCUT2D eigenvalue weighted by Gasteiger charge is -2.37. The Morgan fingerprint density at radius 3 is 2.15 bits per heavy atom. The second-order valence-electron chi connectivity index (χ2n) is 7.39. The van der Waals surface area contributed by atoms with Gasteiger partial charge in [-0.3, -0.25) is 0 Å². The first-order valence-electron chi connectivity index (χ1n) is 7.27. The van der Waals surface area contributed by atoms with E-state index in [1.165, 1.54) is 0 Å². The summed E-state index contributed by atoms with van der Waals surface area (Å²) in [6.45, 7) is 13.5. The molecule has 0 aromatic heterocycles. The Morgan fingerprint density at radius 1 is 1.10 bits per heavy atom. The van der Waals surface area contributed by atoms with Crippen molar-refractivity contribution < 1.29 is 0 Å². The van der Waals surface area contributed by atoms with Gasteiger partial charge in [0.15, 0.2) is 0 Å². The third kappa shape index (κ3) is 5.63. The minimum Gasteiger partial charge on any atom is -0.305 e. The molecule has 1 aromatic carbocycles. The molecule has 114 valence electrons. The summed E-state index contributed by atoms with van der Waals surface area (Å²) in [5, 5.41) is 5.17. The van der Waals surface area contributed by atoms with Crippen LogP contribution in [0.4, 0.5) is 0 Å². The van der Waals surface area contributed by atoms with Crippen molar-refractivity contribution in [2.45, 2.75) is 66.0 Å². The molecule has 0 aliphatic rings. The monoisotopic (exact) mass is 315 g/mol. The lowest BCUT2D eigenvalue weighted by Crippen LogP contribution is -2.44. The van der Waals surface area contributed by atoms with Crippen LogP contribution in [0.1, 0.15) is 66.0 Å². The van der Waals surface area contributed by atoms with Gasteiger partial charge >= 0.3 is 0 Å². The Bertz CT molecular complexity index is 447. The van der Waals surface area contributed by atoms with Crippen molar-refractivity contribution in [3.05, 3.63) is 33.8 Å². The maximum atomic E-state index is 6.34. The first-order chi connectivity index (χ1) is 9.04. The molecule has 0 saturated heterocycles. The number of nitrogens with one attached hydrogen (secondary N) is 1. The van der Waals surface area contributed by atoms with Gasteiger partial charge in [-0.1, -0.05) is 57.0 Å². The van der Waals surface area contributed by atoms with Crippen LogP contribution in [-0.2, 0) is 0 Å². The van der Waals surface area contributed by atoms with Gasteiger partial charge in [0.1, 0.15) is 0 Å². The zero-order valence-corrected chi connectivity index (χ0v) is 15.0. The normalized spacial score (nSPS) is 14.4. The van der Waals surface area contributed by atoms with Gasteiger partial charge in [-0.25, -0.2) is 0 Å². The molecular formula is C17H27Cl2N. The van der Waals surface area contributed by atoms with Crippen LogP contribution in [-0.4, -0.2) is 5.54 Å². The molecule has 0 saturated carbocycles. The van der Waals surface area contributed by atoms with Crippen LogP contribution >= 0.6 is 23.2 Å². The van der Waals surface area contributed by atoms with Crippen molar-refractivity contribution in [3.8, 4) is 0 Å². The van der Waals surface area contributed by atoms with E-state index in [9.17, 15) is 0 Å². The van der Waals surface area contributed by atoms with Crippen LogP contribution in [0.15, 0.2) is 18.2 Å². The van der Waals surface area contributed by atoms with Gasteiger partial charge in [0.2, 0.25) is 0 Å². The lowest BCUT2D eigenvalue weighted by atomic mass is 9.81. The van der Waals surface area contributed by atoms with Gasteiger partial charge in [-0.2, -0.15) is 0 Å². The second kappa shape index (κ2) is 6.68. The van der Waals surface area contributed by atoms with E-state index in [2.05, 4.69) is 46.9 Å². The fraction of sp³-hybridized carbons (Fsp3) is 0.647. The molecule has 0 spiro atoms. The number of hydrogen-bond acceptors (Lipinski definition) is 1. The molecule has 1 rings (SSSR count). The predicted molar refractivity (Wildman–Crippen MR) is 90.8 cm³/mol. The Kier molecular flexibility index (Phi) is 5.95. The zero-order valence-electron chi connectivity index (χ0n) is 13.5. The maximum absolute atomic E-state index is 6.34. The highest BCUT2D eigenvalue weighted by molar-refractivity contribution is 6.35. The van der Waals surface area contributed by atoms with E-state index in [4.69, 9.17) is 23.2 Å². The highest BCUT2D eigenvalue weighted by atomic mass is 35.5. The van der Waals surface area contributed by atoms with E-state index in [1.54, 1.807) is 0 Å². The first kappa shape index (κ1) is 17.8. The van der Waals surface area contributed by atoms with Crippen LogP contribution in [0.25, 0.3) is 0 Å². The summed E-state index contributed by atoms with van der Waals surface area (Å²) >= 11 is 12.3. The Morgan fingerprint density at radius 2 is 1.70 bits per heavy atom. The molecular weight excluding hydrogens is 289 g/mol. The molecule has 0 amide bonds. The summed E-state index contributed by atoms with van der Waals surface area (Å²) in [6, 6.07) is 6.00. The largest absolute Gasteiger partial charge is 0.305 e. The molecule has 1 unspecified atom stereocenters. The molecule has 1 atom stereocenters. The summed E-state index contributed by atoms with van der Waals surface area (Å²) < 4.78 is 0. The molecule has 3 heteroatoms. The van der Waals surface area contributed by atoms with E-state index in [0.29, 0.717) is 10.4 Å². The van der Waals surface area contributed by atoms with Gasteiger partial charge in [0, 0.05) is 21.6 Å². The second-order valence-corrected chi connectivity index (χ2v) is 8.24. The molecule has 1 N–H and O–H groups in total. The molecule has 0 radical (unpaired) electrons. The van der Waals surface area contributed by atoms with E-state index in [1.807, 2.05) is 18.2 Å². The molecule has 0 heterocycles. The maximum Gasteiger partial charge on any atom is 0.0468 e. The highest BCUT2D eigenvalue weighted by Gasteiger charge is 2.28. The number of benzene rings is 1. The van der Waals surface area contributed by atoms with Crippen molar-refractivity contribution in [2.24, 2.45) is 5.41 Å². The smallest absolute Gasteiger partial charge is 0.0468 e. The minimum atomic E-state index is 0.0574. The summed E-state index contributed by atoms with van der Waals surface area (Å²) in [7, 11) is 0. The van der Waals surface area contributed by atoms with Crippen molar-refractivity contribution >= 4 is 23.2 Å². The molecule has 0 aliphatic carbocycles. The van der Waals surface area contributed by atoms with E-state index in [-0.39, 0.29) is 11.6 Å². The summed E-state index contributed by atoms with van der Waals surface area (Å²) in [4.78, 5) is 0. The average molecular weight is 316 g/mol. The number of hydrogen-bond donors (Lipinski definition) is 1. The fourth-order valence-corrected chi connectivity index (χ4v) is 3.57. The predicted octanol–water partition coefficient (Wildman–Crippen LogP) is 6.25. The van der Waals surface area contributed by atoms with Gasteiger partial charge in [0.25, 0.3) is 0 Å². The molecule has 0 aliphatic heterocycles. The molecule has 0 bridgehead atoms. The first-order valence-corrected chi connectivity index (χ1v) is 8.02. The minimum absolute atomic E-state index is 0.0574. The topological polar surface area (TPSA) is 12.0 Å². The van der Waals surface area contributed by atoms with Crippen molar-refractivity contribution in [2.75, 3.05) is 0 Å². The Hall–Kier alpha value is -0.240. The zero-order chi connectivity index (χ0) is 15.6. The van der Waals surface area contributed by atoms with Crippen molar-refractivity contribution in [1.29, 1.82) is 0 Å². The van der Waals surface area contributed by atoms with Crippen molar-refractivity contribution in [1.82, 2.24) is 5.32 Å². The average Bonchev–Trinajstić information content (AvgIpc) is 2.23. The Labute approximate surface area is 134 Å². The quantitative estimate of drug-likeness (QED) is 0.677. The number of rotatable bonds is 5. The van der Waals surface area contributed by atoms with Gasteiger partial charge in [-0.15, -0.1) is 0 Å². The SMILES string of the molecule is CCC(NC(C)(C)CC(C)(C)C)c1ccc(Cl)cc1Cl. The van der Waals surface area contributed by atoms with Crippen LogP contribution in [0.2, 0.25) is 10.0 Å². The Balaban J connectivity index is 2.91. The van der Waals surface area contributed by atoms with E-state index < -0.39 is 0 Å². The molecule has 1 aromatic rings. The van der Waals surface area contributed by atoms with Gasteiger partial charge < -0.3 is 5.32 Å². The third-order valence-corrected chi connectivity index (χ3v) is 3.85. The van der Waals surface area contributed by atoms with Gasteiger partial charge in [0.05, 0.1) is 0 Å². The van der Waals surface area contributed by atoms with Crippen molar-refractivity contribution in [3.63, 3.8) is 0 Å². The molecule has 20 heavy (non-hydrogen) atoms. The van der Waals surface area contributed by atoms with Gasteiger partial charge in [-0.05, 0) is 49.8 Å². The third-order valence-electron chi connectivity index (χ3n) is 3.28. The molecule has 1 nitrogen and oxygen atoms in total. The van der Waals surface area contributed by atoms with Crippen LogP contribution in [0.3, 0.4) is 0 Å². The van der Waals surface area contributed by atoms with E-state index >= 15 is 0 Å². The summed E-state index contributed by atoms with van der Waals surface area (Å²) in [6.07, 6.45) is 2.09. The lowest BCUT2D eigenvalue weighted by molar-refractivity contribution is 0.221. The van der Waals surface area contributed by atoms with Crippen LogP contribution < -0.4 is 5.32 Å². The van der Waals surface area contributed by atoms with Crippen LogP contribution in [0.5, 0.6) is 0 Å². The van der Waals surface area contributed by atoms with Crippen LogP contribution in [0, 0.1) is 5.41 Å². The standard InChI is InChI=1S/C17H27Cl2N/c1-7-15(13-9-8-12(18)10-14(13)19)20-17(5,6)11-16(2,3)4/h8-10,15,20H,7,11H2,1-6H3. The molecule has 0 fully saturated rings. The highest BCUT2D eigenvalue weighted by Crippen LogP contribution is 2.33. The fourth-order valence-electron chi connectivity index (χ4n) is 3.03. The summed E-state index contributed by atoms with van der Waals surface area (Å²) in [5.74, 6) is 0. The van der Waals surface area contributed by atoms with E-state index in [0.717, 1.165) is 23.4 Å². The number of halogens is 2.